The van der Waals surface area contributed by atoms with Gasteiger partial charge in [0.2, 0.25) is 5.91 Å². The number of rotatable bonds is 6. The molecule has 0 radical (unpaired) electrons. The summed E-state index contributed by atoms with van der Waals surface area (Å²) < 4.78 is 0. The Balaban J connectivity index is 2.81. The van der Waals surface area contributed by atoms with Crippen molar-refractivity contribution in [3.05, 3.63) is 30.1 Å². The summed E-state index contributed by atoms with van der Waals surface area (Å²) in [5, 5.41) is 0. The van der Waals surface area contributed by atoms with Crippen LogP contribution in [0.1, 0.15) is 39.3 Å². The maximum Gasteiger partial charge on any atom is 0.242 e. The van der Waals surface area contributed by atoms with Gasteiger partial charge < -0.3 is 10.6 Å². The first-order valence-electron chi connectivity index (χ1n) is 6.55. The van der Waals surface area contributed by atoms with Gasteiger partial charge in [0, 0.05) is 12.7 Å². The normalized spacial score (nSPS) is 11.3. The van der Waals surface area contributed by atoms with Gasteiger partial charge in [-0.15, -0.1) is 0 Å². The van der Waals surface area contributed by atoms with E-state index in [2.05, 4.69) is 4.98 Å². The van der Waals surface area contributed by atoms with E-state index in [1.807, 2.05) is 39.0 Å². The molecule has 0 aliphatic heterocycles. The molecule has 0 fully saturated rings. The van der Waals surface area contributed by atoms with Crippen molar-refractivity contribution in [1.82, 2.24) is 9.88 Å². The van der Waals surface area contributed by atoms with E-state index in [-0.39, 0.29) is 5.91 Å². The molecule has 1 rings (SSSR count). The fourth-order valence-corrected chi connectivity index (χ4v) is 1.88. The summed E-state index contributed by atoms with van der Waals surface area (Å²) in [5.74, 6) is 0.0145. The Morgan fingerprint density at radius 1 is 1.33 bits per heavy atom. The highest BCUT2D eigenvalue weighted by atomic mass is 16.2. The van der Waals surface area contributed by atoms with Crippen molar-refractivity contribution < 1.29 is 4.79 Å². The maximum absolute atomic E-state index is 12.4. The van der Waals surface area contributed by atoms with Crippen LogP contribution in [0.15, 0.2) is 24.4 Å². The van der Waals surface area contributed by atoms with E-state index in [9.17, 15) is 4.79 Å². The van der Waals surface area contributed by atoms with Crippen molar-refractivity contribution in [2.45, 2.75) is 45.7 Å². The molecule has 0 atom stereocenters. The Morgan fingerprint density at radius 2 is 2.00 bits per heavy atom. The molecule has 2 N–H and O–H groups in total. The van der Waals surface area contributed by atoms with Gasteiger partial charge in [0.1, 0.15) is 0 Å². The van der Waals surface area contributed by atoms with Crippen molar-refractivity contribution in [3.63, 3.8) is 0 Å². The molecule has 1 heterocycles. The third-order valence-corrected chi connectivity index (χ3v) is 3.44. The molecule has 1 aromatic heterocycles. The Kier molecular flexibility index (Phi) is 5.28. The molecule has 0 saturated carbocycles. The van der Waals surface area contributed by atoms with E-state index >= 15 is 0 Å². The SMILES string of the molecule is CCN(Cc1ccccn1)C(=O)C(N)(CC)CC. The molecule has 4 heteroatoms. The zero-order valence-corrected chi connectivity index (χ0v) is 11.5. The number of carbonyl (C=O) groups excluding carboxylic acids is 1. The van der Waals surface area contributed by atoms with Crippen molar-refractivity contribution >= 4 is 5.91 Å². The number of nitrogens with zero attached hydrogens (tertiary/aromatic N) is 2. The number of hydrogen-bond donors (Lipinski definition) is 1. The minimum absolute atomic E-state index is 0.0145. The van der Waals surface area contributed by atoms with Crippen molar-refractivity contribution in [2.75, 3.05) is 6.54 Å². The van der Waals surface area contributed by atoms with Gasteiger partial charge in [-0.3, -0.25) is 9.78 Å². The van der Waals surface area contributed by atoms with E-state index in [0.29, 0.717) is 25.9 Å². The van der Waals surface area contributed by atoms with Gasteiger partial charge in [-0.05, 0) is 31.9 Å². The van der Waals surface area contributed by atoms with Crippen molar-refractivity contribution in [3.8, 4) is 0 Å². The van der Waals surface area contributed by atoms with Crippen LogP contribution in [0.4, 0.5) is 0 Å². The fraction of sp³-hybridized carbons (Fsp3) is 0.571. The molecule has 18 heavy (non-hydrogen) atoms. The first-order valence-corrected chi connectivity index (χ1v) is 6.55. The lowest BCUT2D eigenvalue weighted by Crippen LogP contribution is -2.54. The second kappa shape index (κ2) is 6.50. The van der Waals surface area contributed by atoms with Gasteiger partial charge in [-0.25, -0.2) is 0 Å². The lowest BCUT2D eigenvalue weighted by Gasteiger charge is -2.32. The number of likely N-dealkylation sites (N-methyl/N-ethyl adjacent to an activating group) is 1. The smallest absolute Gasteiger partial charge is 0.242 e. The molecule has 4 nitrogen and oxygen atoms in total. The van der Waals surface area contributed by atoms with Crippen LogP contribution >= 0.6 is 0 Å². The highest BCUT2D eigenvalue weighted by Crippen LogP contribution is 2.16. The van der Waals surface area contributed by atoms with Crippen molar-refractivity contribution in [2.24, 2.45) is 5.73 Å². The summed E-state index contributed by atoms with van der Waals surface area (Å²) >= 11 is 0. The number of carbonyl (C=O) groups is 1. The predicted molar refractivity (Wildman–Crippen MR) is 72.8 cm³/mol. The molecule has 1 aromatic rings. The largest absolute Gasteiger partial charge is 0.335 e. The summed E-state index contributed by atoms with van der Waals surface area (Å²) in [6, 6.07) is 5.72. The molecule has 0 aromatic carbocycles. The average molecular weight is 249 g/mol. The third-order valence-electron chi connectivity index (χ3n) is 3.44. The predicted octanol–water partition coefficient (Wildman–Crippen LogP) is 1.95. The minimum atomic E-state index is -0.745. The molecular formula is C14H23N3O. The maximum atomic E-state index is 12.4. The number of hydrogen-bond acceptors (Lipinski definition) is 3. The molecule has 0 saturated heterocycles. The highest BCUT2D eigenvalue weighted by Gasteiger charge is 2.33. The molecule has 0 aliphatic rings. The lowest BCUT2D eigenvalue weighted by atomic mass is 9.92. The number of nitrogens with two attached hydrogens (primary N) is 1. The van der Waals surface area contributed by atoms with E-state index in [0.717, 1.165) is 5.69 Å². The Hall–Kier alpha value is -1.42. The first kappa shape index (κ1) is 14.6. The summed E-state index contributed by atoms with van der Waals surface area (Å²) in [4.78, 5) is 18.5. The molecule has 0 spiro atoms. The van der Waals surface area contributed by atoms with E-state index in [1.165, 1.54) is 0 Å². The summed E-state index contributed by atoms with van der Waals surface area (Å²) in [7, 11) is 0. The van der Waals surface area contributed by atoms with Gasteiger partial charge in [0.25, 0.3) is 0 Å². The molecular weight excluding hydrogens is 226 g/mol. The first-order chi connectivity index (χ1) is 8.57. The summed E-state index contributed by atoms with van der Waals surface area (Å²) in [5.41, 5.74) is 6.30. The quantitative estimate of drug-likeness (QED) is 0.838. The third kappa shape index (κ3) is 3.29. The molecule has 1 amide bonds. The van der Waals surface area contributed by atoms with Crippen LogP contribution in [0.5, 0.6) is 0 Å². The summed E-state index contributed by atoms with van der Waals surface area (Å²) in [6.07, 6.45) is 3.05. The Morgan fingerprint density at radius 3 is 2.44 bits per heavy atom. The molecule has 0 bridgehead atoms. The van der Waals surface area contributed by atoms with E-state index < -0.39 is 5.54 Å². The van der Waals surface area contributed by atoms with E-state index in [1.54, 1.807) is 11.1 Å². The van der Waals surface area contributed by atoms with Gasteiger partial charge in [-0.1, -0.05) is 19.9 Å². The topological polar surface area (TPSA) is 59.2 Å². The van der Waals surface area contributed by atoms with Crippen LogP contribution in [0.25, 0.3) is 0 Å². The number of pyridine rings is 1. The Labute approximate surface area is 109 Å². The van der Waals surface area contributed by atoms with E-state index in [4.69, 9.17) is 5.73 Å². The second-order valence-corrected chi connectivity index (χ2v) is 4.50. The lowest BCUT2D eigenvalue weighted by molar-refractivity contribution is -0.137. The zero-order valence-electron chi connectivity index (χ0n) is 11.5. The Bertz CT molecular complexity index is 374. The number of amides is 1. The van der Waals surface area contributed by atoms with Crippen molar-refractivity contribution in [1.29, 1.82) is 0 Å². The van der Waals surface area contributed by atoms with Crippen LogP contribution in [0, 0.1) is 0 Å². The molecule has 0 aliphatic carbocycles. The molecule has 0 unspecified atom stereocenters. The summed E-state index contributed by atoms with van der Waals surface area (Å²) in [6.45, 7) is 7.04. The van der Waals surface area contributed by atoms with Crippen LogP contribution in [-0.2, 0) is 11.3 Å². The van der Waals surface area contributed by atoms with Gasteiger partial charge >= 0.3 is 0 Å². The average Bonchev–Trinajstić information content (AvgIpc) is 2.44. The fourth-order valence-electron chi connectivity index (χ4n) is 1.88. The highest BCUT2D eigenvalue weighted by molar-refractivity contribution is 5.86. The van der Waals surface area contributed by atoms with Gasteiger partial charge in [-0.2, -0.15) is 0 Å². The van der Waals surface area contributed by atoms with Gasteiger partial charge in [0.15, 0.2) is 0 Å². The standard InChI is InChI=1S/C14H23N3O/c1-4-14(15,5-2)13(18)17(6-3)11-12-9-7-8-10-16-12/h7-10H,4-6,11,15H2,1-3H3. The monoisotopic (exact) mass is 249 g/mol. The van der Waals surface area contributed by atoms with Gasteiger partial charge in [0.05, 0.1) is 17.8 Å². The van der Waals surface area contributed by atoms with Crippen LogP contribution in [-0.4, -0.2) is 27.9 Å². The van der Waals surface area contributed by atoms with Crippen LogP contribution in [0.3, 0.4) is 0 Å². The second-order valence-electron chi connectivity index (χ2n) is 4.50. The van der Waals surface area contributed by atoms with Crippen LogP contribution < -0.4 is 5.73 Å². The zero-order chi connectivity index (χ0) is 13.6. The van der Waals surface area contributed by atoms with Crippen LogP contribution in [0.2, 0.25) is 0 Å². The minimum Gasteiger partial charge on any atom is -0.335 e. The number of aromatic nitrogens is 1. The molecule has 100 valence electrons.